The van der Waals surface area contributed by atoms with E-state index in [0.717, 1.165) is 16.7 Å². The fourth-order valence-corrected chi connectivity index (χ4v) is 1.98. The van der Waals surface area contributed by atoms with Crippen LogP contribution >= 0.6 is 11.6 Å². The van der Waals surface area contributed by atoms with Gasteiger partial charge in [0.25, 0.3) is 0 Å². The molecule has 0 fully saturated rings. The van der Waals surface area contributed by atoms with Crippen molar-refractivity contribution in [2.75, 3.05) is 0 Å². The molecule has 3 N–H and O–H groups in total. The standard InChI is InChI=1S/C14H11ClN2O2/c15-13-7-11(5-6-12(13)14(18)19)10-3-1-9(2-4-10)8-17-16/h1-8H,16H2,(H,18,19). The minimum atomic E-state index is -1.04. The highest BCUT2D eigenvalue weighted by molar-refractivity contribution is 6.33. The van der Waals surface area contributed by atoms with E-state index in [2.05, 4.69) is 5.10 Å². The Labute approximate surface area is 115 Å². The summed E-state index contributed by atoms with van der Waals surface area (Å²) in [5.41, 5.74) is 2.77. The molecule has 0 atom stereocenters. The van der Waals surface area contributed by atoms with E-state index in [1.165, 1.54) is 6.07 Å². The maximum Gasteiger partial charge on any atom is 0.337 e. The highest BCUT2D eigenvalue weighted by atomic mass is 35.5. The van der Waals surface area contributed by atoms with Gasteiger partial charge in [0, 0.05) is 0 Å². The van der Waals surface area contributed by atoms with Gasteiger partial charge >= 0.3 is 5.97 Å². The van der Waals surface area contributed by atoms with Gasteiger partial charge in [-0.1, -0.05) is 41.9 Å². The largest absolute Gasteiger partial charge is 0.478 e. The summed E-state index contributed by atoms with van der Waals surface area (Å²) in [7, 11) is 0. The van der Waals surface area contributed by atoms with Crippen molar-refractivity contribution in [3.05, 3.63) is 58.6 Å². The number of aromatic carboxylic acids is 1. The van der Waals surface area contributed by atoms with Gasteiger partial charge in [-0.3, -0.25) is 0 Å². The Morgan fingerprint density at radius 2 is 1.79 bits per heavy atom. The van der Waals surface area contributed by atoms with Gasteiger partial charge in [-0.15, -0.1) is 0 Å². The van der Waals surface area contributed by atoms with Crippen molar-refractivity contribution in [1.82, 2.24) is 0 Å². The first-order chi connectivity index (χ1) is 9.11. The molecule has 0 aliphatic rings. The fourth-order valence-electron chi connectivity index (χ4n) is 1.72. The van der Waals surface area contributed by atoms with Crippen LogP contribution in [-0.4, -0.2) is 17.3 Å². The van der Waals surface area contributed by atoms with Gasteiger partial charge in [-0.2, -0.15) is 5.10 Å². The van der Waals surface area contributed by atoms with E-state index in [4.69, 9.17) is 22.6 Å². The Balaban J connectivity index is 2.36. The summed E-state index contributed by atoms with van der Waals surface area (Å²) in [6.07, 6.45) is 1.55. The van der Waals surface area contributed by atoms with Crippen molar-refractivity contribution in [3.8, 4) is 11.1 Å². The smallest absolute Gasteiger partial charge is 0.337 e. The molecule has 0 saturated carbocycles. The van der Waals surface area contributed by atoms with Gasteiger partial charge in [-0.05, 0) is 28.8 Å². The average Bonchev–Trinajstić information content (AvgIpc) is 2.39. The molecule has 0 aliphatic heterocycles. The van der Waals surface area contributed by atoms with Crippen molar-refractivity contribution in [2.45, 2.75) is 0 Å². The molecule has 0 radical (unpaired) electrons. The lowest BCUT2D eigenvalue weighted by Gasteiger charge is -2.05. The molecule has 0 unspecified atom stereocenters. The van der Waals surface area contributed by atoms with Gasteiger partial charge in [0.2, 0.25) is 0 Å². The summed E-state index contributed by atoms with van der Waals surface area (Å²) < 4.78 is 0. The van der Waals surface area contributed by atoms with Crippen LogP contribution in [0.1, 0.15) is 15.9 Å². The summed E-state index contributed by atoms with van der Waals surface area (Å²) in [4.78, 5) is 10.9. The minimum Gasteiger partial charge on any atom is -0.478 e. The van der Waals surface area contributed by atoms with E-state index < -0.39 is 5.97 Å². The average molecular weight is 275 g/mol. The normalized spacial score (nSPS) is 10.8. The van der Waals surface area contributed by atoms with Crippen molar-refractivity contribution >= 4 is 23.8 Å². The van der Waals surface area contributed by atoms with Gasteiger partial charge in [0.05, 0.1) is 16.8 Å². The van der Waals surface area contributed by atoms with E-state index >= 15 is 0 Å². The zero-order chi connectivity index (χ0) is 13.8. The highest BCUT2D eigenvalue weighted by Gasteiger charge is 2.09. The molecule has 19 heavy (non-hydrogen) atoms. The van der Waals surface area contributed by atoms with Crippen LogP contribution in [-0.2, 0) is 0 Å². The molecule has 0 aliphatic carbocycles. The Kier molecular flexibility index (Phi) is 3.82. The first-order valence-corrected chi connectivity index (χ1v) is 5.86. The summed E-state index contributed by atoms with van der Waals surface area (Å²) in [6.45, 7) is 0. The molecule has 0 aromatic heterocycles. The van der Waals surface area contributed by atoms with Gasteiger partial charge in [0.1, 0.15) is 0 Å². The third kappa shape index (κ3) is 2.92. The molecule has 0 bridgehead atoms. The summed E-state index contributed by atoms with van der Waals surface area (Å²) >= 11 is 5.94. The maximum atomic E-state index is 10.9. The topological polar surface area (TPSA) is 75.7 Å². The SMILES string of the molecule is NN=Cc1ccc(-c2ccc(C(=O)O)c(Cl)c2)cc1. The van der Waals surface area contributed by atoms with E-state index in [1.54, 1.807) is 18.3 Å². The van der Waals surface area contributed by atoms with E-state index in [1.807, 2.05) is 24.3 Å². The van der Waals surface area contributed by atoms with Crippen LogP contribution in [0.5, 0.6) is 0 Å². The monoisotopic (exact) mass is 274 g/mol. The lowest BCUT2D eigenvalue weighted by molar-refractivity contribution is 0.0697. The van der Waals surface area contributed by atoms with Gasteiger partial charge in [0.15, 0.2) is 0 Å². The van der Waals surface area contributed by atoms with Crippen LogP contribution < -0.4 is 5.84 Å². The number of carboxylic acid groups (broad SMARTS) is 1. The lowest BCUT2D eigenvalue weighted by atomic mass is 10.0. The van der Waals surface area contributed by atoms with Gasteiger partial charge in [-0.25, -0.2) is 4.79 Å². The zero-order valence-corrected chi connectivity index (χ0v) is 10.6. The predicted molar refractivity (Wildman–Crippen MR) is 75.6 cm³/mol. The molecule has 0 amide bonds. The summed E-state index contributed by atoms with van der Waals surface area (Å²) in [6, 6.07) is 12.4. The minimum absolute atomic E-state index is 0.0947. The fraction of sp³-hybridized carbons (Fsp3) is 0. The lowest BCUT2D eigenvalue weighted by Crippen LogP contribution is -1.97. The number of carbonyl (C=O) groups is 1. The number of nitrogens with two attached hydrogens (primary N) is 1. The number of benzene rings is 2. The second-order valence-corrected chi connectivity index (χ2v) is 4.31. The van der Waals surface area contributed by atoms with Crippen LogP contribution in [0.3, 0.4) is 0 Å². The Morgan fingerprint density at radius 3 is 2.32 bits per heavy atom. The number of hydrazone groups is 1. The summed E-state index contributed by atoms with van der Waals surface area (Å²) in [5.74, 6) is 4.03. The van der Waals surface area contributed by atoms with Crippen molar-refractivity contribution in [2.24, 2.45) is 10.9 Å². The second kappa shape index (κ2) is 5.54. The third-order valence-electron chi connectivity index (χ3n) is 2.67. The molecule has 0 saturated heterocycles. The Hall–Kier alpha value is -2.33. The van der Waals surface area contributed by atoms with Crippen LogP contribution in [0, 0.1) is 0 Å². The molecule has 0 heterocycles. The first kappa shape index (κ1) is 13.1. The number of hydrogen-bond acceptors (Lipinski definition) is 3. The molecule has 2 rings (SSSR count). The van der Waals surface area contributed by atoms with Crippen molar-refractivity contribution < 1.29 is 9.90 Å². The zero-order valence-electron chi connectivity index (χ0n) is 9.88. The molecule has 96 valence electrons. The van der Waals surface area contributed by atoms with E-state index in [-0.39, 0.29) is 10.6 Å². The van der Waals surface area contributed by atoms with Crippen LogP contribution in [0.2, 0.25) is 5.02 Å². The number of carboxylic acids is 1. The van der Waals surface area contributed by atoms with E-state index in [0.29, 0.717) is 0 Å². The Bertz CT molecular complexity index is 636. The van der Waals surface area contributed by atoms with Crippen LogP contribution in [0.25, 0.3) is 11.1 Å². The Morgan fingerprint density at radius 1 is 1.16 bits per heavy atom. The maximum absolute atomic E-state index is 10.9. The van der Waals surface area contributed by atoms with Gasteiger partial charge < -0.3 is 10.9 Å². The number of rotatable bonds is 3. The molecule has 2 aromatic carbocycles. The highest BCUT2D eigenvalue weighted by Crippen LogP contribution is 2.25. The predicted octanol–water partition coefficient (Wildman–Crippen LogP) is 3.00. The number of halogens is 1. The van der Waals surface area contributed by atoms with Crippen LogP contribution in [0.4, 0.5) is 0 Å². The third-order valence-corrected chi connectivity index (χ3v) is 2.98. The first-order valence-electron chi connectivity index (χ1n) is 5.48. The molecule has 4 nitrogen and oxygen atoms in total. The quantitative estimate of drug-likeness (QED) is 0.513. The van der Waals surface area contributed by atoms with Crippen molar-refractivity contribution in [3.63, 3.8) is 0 Å². The molecule has 0 spiro atoms. The van der Waals surface area contributed by atoms with Crippen LogP contribution in [0.15, 0.2) is 47.6 Å². The summed E-state index contributed by atoms with van der Waals surface area (Å²) in [5, 5.41) is 12.6. The second-order valence-electron chi connectivity index (χ2n) is 3.90. The van der Waals surface area contributed by atoms with Crippen molar-refractivity contribution in [1.29, 1.82) is 0 Å². The van der Waals surface area contributed by atoms with E-state index in [9.17, 15) is 4.79 Å². The number of hydrogen-bond donors (Lipinski definition) is 2. The molecule has 5 heteroatoms. The molecule has 2 aromatic rings. The number of nitrogens with zero attached hydrogens (tertiary/aromatic N) is 1. The molecular formula is C14H11ClN2O2. The molecular weight excluding hydrogens is 264 g/mol.